The molecular weight excluding hydrogens is 316 g/mol. The molecule has 26 heavy (non-hydrogen) atoms. The van der Waals surface area contributed by atoms with Crippen LogP contribution in [0.1, 0.15) is 28.0 Å². The van der Waals surface area contributed by atoms with Crippen molar-refractivity contribution >= 4 is 22.4 Å². The van der Waals surface area contributed by atoms with E-state index in [0.29, 0.717) is 0 Å². The standard InChI is InChI=1S/C25H20O/c1-16-15-26-25(17(16)2)20-13-19-9-6-12-23(24(19)14-20)22-11-5-8-18-7-3-4-10-21(18)22/h3-12,14-15H,13H2,1-2H3. The lowest BCUT2D eigenvalue weighted by Crippen LogP contribution is -1.89. The Morgan fingerprint density at radius 1 is 0.808 bits per heavy atom. The first kappa shape index (κ1) is 15.2. The van der Waals surface area contributed by atoms with Crippen molar-refractivity contribution in [1.29, 1.82) is 0 Å². The molecule has 0 unspecified atom stereocenters. The molecule has 0 saturated carbocycles. The predicted molar refractivity (Wildman–Crippen MR) is 109 cm³/mol. The fraction of sp³-hybridized carbons (Fsp3) is 0.120. The van der Waals surface area contributed by atoms with E-state index in [1.807, 2.05) is 6.26 Å². The maximum absolute atomic E-state index is 5.86. The molecule has 0 amide bonds. The van der Waals surface area contributed by atoms with Crippen LogP contribution in [0.25, 0.3) is 33.5 Å². The molecule has 0 radical (unpaired) electrons. The number of hydrogen-bond donors (Lipinski definition) is 0. The molecule has 0 bridgehead atoms. The molecule has 5 rings (SSSR count). The van der Waals surface area contributed by atoms with Gasteiger partial charge in [0.25, 0.3) is 0 Å². The van der Waals surface area contributed by atoms with Gasteiger partial charge in [0.15, 0.2) is 0 Å². The average Bonchev–Trinajstić information content (AvgIpc) is 3.24. The van der Waals surface area contributed by atoms with E-state index in [1.54, 1.807) is 0 Å². The van der Waals surface area contributed by atoms with Gasteiger partial charge in [-0.15, -0.1) is 0 Å². The Morgan fingerprint density at radius 2 is 1.58 bits per heavy atom. The summed E-state index contributed by atoms with van der Waals surface area (Å²) >= 11 is 0. The zero-order valence-electron chi connectivity index (χ0n) is 15.0. The molecule has 126 valence electrons. The molecule has 1 heteroatoms. The highest BCUT2D eigenvalue weighted by Crippen LogP contribution is 2.40. The maximum Gasteiger partial charge on any atom is 0.133 e. The number of fused-ring (bicyclic) bond motifs is 2. The van der Waals surface area contributed by atoms with Crippen molar-refractivity contribution in [1.82, 2.24) is 0 Å². The van der Waals surface area contributed by atoms with Crippen molar-refractivity contribution in [3.8, 4) is 11.1 Å². The van der Waals surface area contributed by atoms with Gasteiger partial charge in [0, 0.05) is 12.0 Å². The molecule has 0 saturated heterocycles. The quantitative estimate of drug-likeness (QED) is 0.392. The molecule has 1 heterocycles. The number of aryl methyl sites for hydroxylation is 1. The molecule has 1 aliphatic rings. The maximum atomic E-state index is 5.86. The first-order valence-electron chi connectivity index (χ1n) is 9.08. The summed E-state index contributed by atoms with van der Waals surface area (Å²) in [6.07, 6.45) is 5.11. The summed E-state index contributed by atoms with van der Waals surface area (Å²) < 4.78 is 5.86. The van der Waals surface area contributed by atoms with E-state index >= 15 is 0 Å². The summed E-state index contributed by atoms with van der Waals surface area (Å²) in [7, 11) is 0. The van der Waals surface area contributed by atoms with Crippen molar-refractivity contribution in [3.63, 3.8) is 0 Å². The van der Waals surface area contributed by atoms with Crippen LogP contribution in [0.3, 0.4) is 0 Å². The van der Waals surface area contributed by atoms with Crippen LogP contribution in [0.2, 0.25) is 0 Å². The van der Waals surface area contributed by atoms with Gasteiger partial charge in [-0.1, -0.05) is 60.7 Å². The van der Waals surface area contributed by atoms with E-state index < -0.39 is 0 Å². The first-order valence-corrected chi connectivity index (χ1v) is 9.08. The third-order valence-corrected chi connectivity index (χ3v) is 5.55. The molecule has 1 aromatic heterocycles. The van der Waals surface area contributed by atoms with E-state index in [9.17, 15) is 0 Å². The van der Waals surface area contributed by atoms with Gasteiger partial charge in [-0.3, -0.25) is 0 Å². The van der Waals surface area contributed by atoms with E-state index in [0.717, 1.165) is 12.2 Å². The second kappa shape index (κ2) is 5.74. The Morgan fingerprint density at radius 3 is 2.42 bits per heavy atom. The second-order valence-corrected chi connectivity index (χ2v) is 7.12. The minimum Gasteiger partial charge on any atom is -0.464 e. The Labute approximate surface area is 153 Å². The van der Waals surface area contributed by atoms with E-state index in [-0.39, 0.29) is 0 Å². The summed E-state index contributed by atoms with van der Waals surface area (Å²) in [5.41, 5.74) is 9.03. The van der Waals surface area contributed by atoms with E-state index in [4.69, 9.17) is 4.42 Å². The summed E-state index contributed by atoms with van der Waals surface area (Å²) in [4.78, 5) is 0. The first-order chi connectivity index (χ1) is 12.7. The number of hydrogen-bond acceptors (Lipinski definition) is 1. The van der Waals surface area contributed by atoms with Crippen LogP contribution in [0.5, 0.6) is 0 Å². The van der Waals surface area contributed by atoms with Crippen LogP contribution in [-0.4, -0.2) is 0 Å². The molecule has 1 nitrogen and oxygen atoms in total. The summed E-state index contributed by atoms with van der Waals surface area (Å²) in [6, 6.07) is 21.8. The topological polar surface area (TPSA) is 13.1 Å². The average molecular weight is 336 g/mol. The predicted octanol–water partition coefficient (Wildman–Crippen LogP) is 6.81. The third-order valence-electron chi connectivity index (χ3n) is 5.55. The summed E-state index contributed by atoms with van der Waals surface area (Å²) in [6.45, 7) is 4.25. The van der Waals surface area contributed by atoms with Crippen LogP contribution in [0.15, 0.2) is 71.3 Å². The normalized spacial score (nSPS) is 13.1. The second-order valence-electron chi connectivity index (χ2n) is 7.12. The van der Waals surface area contributed by atoms with Gasteiger partial charge in [-0.05, 0) is 64.1 Å². The van der Waals surface area contributed by atoms with Crippen molar-refractivity contribution in [2.75, 3.05) is 0 Å². The lowest BCUT2D eigenvalue weighted by molar-refractivity contribution is 0.548. The minimum atomic E-state index is 0.932. The molecule has 0 fully saturated rings. The Hall–Kier alpha value is -3.06. The lowest BCUT2D eigenvalue weighted by Gasteiger charge is -2.11. The zero-order chi connectivity index (χ0) is 17.7. The molecule has 0 spiro atoms. The molecule has 3 aromatic carbocycles. The smallest absolute Gasteiger partial charge is 0.133 e. The van der Waals surface area contributed by atoms with Crippen LogP contribution in [0.4, 0.5) is 0 Å². The van der Waals surface area contributed by atoms with Crippen LogP contribution < -0.4 is 0 Å². The van der Waals surface area contributed by atoms with Crippen LogP contribution in [-0.2, 0) is 6.42 Å². The van der Waals surface area contributed by atoms with Gasteiger partial charge in [0.1, 0.15) is 5.76 Å². The zero-order valence-corrected chi connectivity index (χ0v) is 15.0. The largest absolute Gasteiger partial charge is 0.464 e. The number of furan rings is 1. The highest BCUT2D eigenvalue weighted by molar-refractivity contribution is 6.01. The monoisotopic (exact) mass is 336 g/mol. The van der Waals surface area contributed by atoms with Gasteiger partial charge < -0.3 is 4.42 Å². The Balaban J connectivity index is 1.71. The van der Waals surface area contributed by atoms with Gasteiger partial charge >= 0.3 is 0 Å². The van der Waals surface area contributed by atoms with Crippen LogP contribution in [0, 0.1) is 13.8 Å². The van der Waals surface area contributed by atoms with Gasteiger partial charge in [0.05, 0.1) is 6.26 Å². The van der Waals surface area contributed by atoms with Crippen molar-refractivity contribution in [2.45, 2.75) is 20.3 Å². The number of benzene rings is 3. The van der Waals surface area contributed by atoms with Crippen molar-refractivity contribution < 1.29 is 4.42 Å². The molecule has 0 aliphatic heterocycles. The number of rotatable bonds is 2. The summed E-state index contributed by atoms with van der Waals surface area (Å²) in [5, 5.41) is 2.58. The highest BCUT2D eigenvalue weighted by Gasteiger charge is 2.21. The fourth-order valence-electron chi connectivity index (χ4n) is 4.03. The SMILES string of the molecule is Cc1coc(C2=Cc3c(cccc3-c3cccc4ccccc34)C2)c1C. The van der Waals surface area contributed by atoms with Crippen molar-refractivity contribution in [2.24, 2.45) is 0 Å². The lowest BCUT2D eigenvalue weighted by atomic mass is 9.93. The fourth-order valence-corrected chi connectivity index (χ4v) is 4.03. The van der Waals surface area contributed by atoms with Crippen LogP contribution >= 0.6 is 0 Å². The van der Waals surface area contributed by atoms with E-state index in [1.165, 1.54) is 49.7 Å². The molecule has 0 N–H and O–H groups in total. The Kier molecular flexibility index (Phi) is 3.36. The molecule has 0 atom stereocenters. The molecule has 1 aliphatic carbocycles. The molecular formula is C25H20O. The third kappa shape index (κ3) is 2.24. The summed E-state index contributed by atoms with van der Waals surface area (Å²) in [5.74, 6) is 1.03. The van der Waals surface area contributed by atoms with Gasteiger partial charge in [0.2, 0.25) is 0 Å². The molecule has 4 aromatic rings. The van der Waals surface area contributed by atoms with Gasteiger partial charge in [-0.2, -0.15) is 0 Å². The number of allylic oxidation sites excluding steroid dienone is 1. The Bertz CT molecular complexity index is 1170. The highest BCUT2D eigenvalue weighted by atomic mass is 16.3. The van der Waals surface area contributed by atoms with Crippen molar-refractivity contribution in [3.05, 3.63) is 94.9 Å². The minimum absolute atomic E-state index is 0.932. The van der Waals surface area contributed by atoms with E-state index in [2.05, 4.69) is 80.6 Å². The van der Waals surface area contributed by atoms with Gasteiger partial charge in [-0.25, -0.2) is 0 Å².